The van der Waals surface area contributed by atoms with Crippen molar-refractivity contribution in [3.8, 4) is 0 Å². The summed E-state index contributed by atoms with van der Waals surface area (Å²) < 4.78 is 0. The van der Waals surface area contributed by atoms with Crippen LogP contribution < -0.4 is 5.32 Å². The normalized spacial score (nSPS) is 41.5. The number of carboxylic acid groups (broad SMARTS) is 1. The number of amides is 1. The molecule has 2 fully saturated rings. The molecule has 0 radical (unpaired) electrons. The molecule has 0 spiro atoms. The lowest BCUT2D eigenvalue weighted by Crippen LogP contribution is -2.66. The zero-order chi connectivity index (χ0) is 8.01. The zero-order valence-corrected chi connectivity index (χ0v) is 6.45. The van der Waals surface area contributed by atoms with E-state index in [1.165, 1.54) is 0 Å². The lowest BCUT2D eigenvalue weighted by atomic mass is 9.92. The highest BCUT2D eigenvalue weighted by Gasteiger charge is 2.47. The van der Waals surface area contributed by atoms with E-state index in [1.54, 1.807) is 4.90 Å². The molecule has 2 heterocycles. The molecular formula is C7H12N2O2. The molecule has 2 saturated heterocycles. The average Bonchev–Trinajstić information content (AvgIpc) is 2.25. The second-order valence-corrected chi connectivity index (χ2v) is 3.32. The number of nitrogens with one attached hydrogen (secondary N) is 1. The van der Waals surface area contributed by atoms with Gasteiger partial charge in [0.25, 0.3) is 0 Å². The SMILES string of the molecule is C[C@H]1NC2CCN(C(=O)O)C21. The number of likely N-dealkylation sites (tertiary alicyclic amines) is 1. The molecule has 2 rings (SSSR count). The molecule has 2 aliphatic rings. The van der Waals surface area contributed by atoms with Crippen molar-refractivity contribution < 1.29 is 9.90 Å². The van der Waals surface area contributed by atoms with E-state index in [2.05, 4.69) is 5.32 Å². The van der Waals surface area contributed by atoms with Gasteiger partial charge in [0, 0.05) is 18.6 Å². The number of hydrogen-bond acceptors (Lipinski definition) is 2. The van der Waals surface area contributed by atoms with Crippen molar-refractivity contribution in [2.45, 2.75) is 31.5 Å². The quantitative estimate of drug-likeness (QED) is 0.523. The molecule has 0 aromatic heterocycles. The van der Waals surface area contributed by atoms with Crippen molar-refractivity contribution in [2.75, 3.05) is 6.54 Å². The van der Waals surface area contributed by atoms with Crippen LogP contribution in [-0.2, 0) is 0 Å². The Morgan fingerprint density at radius 2 is 2.45 bits per heavy atom. The van der Waals surface area contributed by atoms with Gasteiger partial charge in [0.2, 0.25) is 0 Å². The predicted octanol–water partition coefficient (Wildman–Crippen LogP) is 0.0990. The number of carbonyl (C=O) groups is 1. The average molecular weight is 156 g/mol. The predicted molar refractivity (Wildman–Crippen MR) is 39.5 cm³/mol. The first-order valence-corrected chi connectivity index (χ1v) is 3.96. The van der Waals surface area contributed by atoms with Crippen LogP contribution in [0, 0.1) is 0 Å². The first-order chi connectivity index (χ1) is 5.20. The van der Waals surface area contributed by atoms with Gasteiger partial charge >= 0.3 is 6.09 Å². The minimum Gasteiger partial charge on any atom is -0.465 e. The third-order valence-corrected chi connectivity index (χ3v) is 2.69. The standard InChI is InChI=1S/C7H12N2O2/c1-4-6-5(8-4)2-3-9(6)7(10)11/h4-6,8H,2-3H2,1H3,(H,10,11)/t4-,5?,6?/m1/s1. The molecule has 11 heavy (non-hydrogen) atoms. The van der Waals surface area contributed by atoms with Crippen LogP contribution in [0.1, 0.15) is 13.3 Å². The maximum absolute atomic E-state index is 10.6. The van der Waals surface area contributed by atoms with Crippen molar-refractivity contribution in [1.82, 2.24) is 10.2 Å². The molecule has 3 atom stereocenters. The van der Waals surface area contributed by atoms with Crippen molar-refractivity contribution >= 4 is 6.09 Å². The van der Waals surface area contributed by atoms with Crippen LogP contribution in [0.2, 0.25) is 0 Å². The summed E-state index contributed by atoms with van der Waals surface area (Å²) in [6.45, 7) is 2.73. The van der Waals surface area contributed by atoms with Gasteiger partial charge in [0.15, 0.2) is 0 Å². The third kappa shape index (κ3) is 0.822. The van der Waals surface area contributed by atoms with Crippen molar-refractivity contribution in [1.29, 1.82) is 0 Å². The third-order valence-electron chi connectivity index (χ3n) is 2.69. The Balaban J connectivity index is 2.08. The van der Waals surface area contributed by atoms with Crippen LogP contribution in [0.25, 0.3) is 0 Å². The van der Waals surface area contributed by atoms with Crippen LogP contribution in [-0.4, -0.2) is 40.8 Å². The molecule has 4 nitrogen and oxygen atoms in total. The maximum Gasteiger partial charge on any atom is 0.407 e. The molecule has 0 aliphatic carbocycles. The second kappa shape index (κ2) is 2.11. The Morgan fingerprint density at radius 1 is 1.73 bits per heavy atom. The van der Waals surface area contributed by atoms with Gasteiger partial charge in [-0.15, -0.1) is 0 Å². The Morgan fingerprint density at radius 3 is 2.91 bits per heavy atom. The number of fused-ring (bicyclic) bond motifs is 1. The summed E-state index contributed by atoms with van der Waals surface area (Å²) in [7, 11) is 0. The Labute approximate surface area is 65.2 Å². The van der Waals surface area contributed by atoms with Gasteiger partial charge in [-0.1, -0.05) is 0 Å². The molecule has 1 amide bonds. The van der Waals surface area contributed by atoms with Gasteiger partial charge in [-0.3, -0.25) is 0 Å². The van der Waals surface area contributed by atoms with Crippen LogP contribution in [0.15, 0.2) is 0 Å². The van der Waals surface area contributed by atoms with E-state index in [-0.39, 0.29) is 6.04 Å². The van der Waals surface area contributed by atoms with E-state index in [9.17, 15) is 4.79 Å². The first kappa shape index (κ1) is 6.91. The molecule has 0 aromatic rings. The zero-order valence-electron chi connectivity index (χ0n) is 6.45. The summed E-state index contributed by atoms with van der Waals surface area (Å²) in [5, 5.41) is 12.0. The fraction of sp³-hybridized carbons (Fsp3) is 0.857. The number of hydrogen-bond donors (Lipinski definition) is 2. The van der Waals surface area contributed by atoms with E-state index >= 15 is 0 Å². The Hall–Kier alpha value is -0.770. The highest BCUT2D eigenvalue weighted by Crippen LogP contribution is 2.28. The summed E-state index contributed by atoms with van der Waals surface area (Å²) >= 11 is 0. The van der Waals surface area contributed by atoms with Crippen molar-refractivity contribution in [3.63, 3.8) is 0 Å². The van der Waals surface area contributed by atoms with Crippen molar-refractivity contribution in [2.24, 2.45) is 0 Å². The lowest BCUT2D eigenvalue weighted by molar-refractivity contribution is 0.0986. The molecular weight excluding hydrogens is 144 g/mol. The highest BCUT2D eigenvalue weighted by molar-refractivity contribution is 5.66. The Bertz CT molecular complexity index is 195. The fourth-order valence-corrected chi connectivity index (χ4v) is 2.16. The number of rotatable bonds is 0. The number of nitrogens with zero attached hydrogens (tertiary/aromatic N) is 1. The van der Waals surface area contributed by atoms with Crippen molar-refractivity contribution in [3.05, 3.63) is 0 Å². The monoisotopic (exact) mass is 156 g/mol. The van der Waals surface area contributed by atoms with E-state index < -0.39 is 6.09 Å². The van der Waals surface area contributed by atoms with Gasteiger partial charge < -0.3 is 15.3 Å². The highest BCUT2D eigenvalue weighted by atomic mass is 16.4. The van der Waals surface area contributed by atoms with Gasteiger partial charge in [-0.2, -0.15) is 0 Å². The maximum atomic E-state index is 10.6. The molecule has 0 aromatic carbocycles. The summed E-state index contributed by atoms with van der Waals surface area (Å²) in [5.74, 6) is 0. The Kier molecular flexibility index (Phi) is 1.32. The summed E-state index contributed by atoms with van der Waals surface area (Å²) in [6.07, 6.45) is 0.201. The lowest BCUT2D eigenvalue weighted by Gasteiger charge is -2.42. The smallest absolute Gasteiger partial charge is 0.407 e. The molecule has 2 unspecified atom stereocenters. The van der Waals surface area contributed by atoms with E-state index in [0.29, 0.717) is 18.6 Å². The molecule has 2 aliphatic heterocycles. The van der Waals surface area contributed by atoms with Crippen LogP contribution in [0.3, 0.4) is 0 Å². The molecule has 0 saturated carbocycles. The minimum absolute atomic E-state index is 0.243. The largest absolute Gasteiger partial charge is 0.465 e. The summed E-state index contributed by atoms with van der Waals surface area (Å²) in [5.41, 5.74) is 0. The van der Waals surface area contributed by atoms with Gasteiger partial charge in [-0.05, 0) is 13.3 Å². The van der Waals surface area contributed by atoms with Gasteiger partial charge in [0.05, 0.1) is 6.04 Å². The molecule has 0 bridgehead atoms. The topological polar surface area (TPSA) is 52.6 Å². The summed E-state index contributed by atoms with van der Waals surface area (Å²) in [6, 6.07) is 1.02. The van der Waals surface area contributed by atoms with E-state index in [4.69, 9.17) is 5.11 Å². The van der Waals surface area contributed by atoms with Crippen LogP contribution in [0.5, 0.6) is 0 Å². The van der Waals surface area contributed by atoms with E-state index in [0.717, 1.165) is 6.42 Å². The van der Waals surface area contributed by atoms with Crippen LogP contribution in [0.4, 0.5) is 4.79 Å². The fourth-order valence-electron chi connectivity index (χ4n) is 2.16. The molecule has 62 valence electrons. The van der Waals surface area contributed by atoms with Gasteiger partial charge in [-0.25, -0.2) is 4.79 Å². The van der Waals surface area contributed by atoms with Gasteiger partial charge in [0.1, 0.15) is 0 Å². The molecule has 4 heteroatoms. The molecule has 2 N–H and O–H groups in total. The second-order valence-electron chi connectivity index (χ2n) is 3.32. The summed E-state index contributed by atoms with van der Waals surface area (Å²) in [4.78, 5) is 12.2. The van der Waals surface area contributed by atoms with Crippen LogP contribution >= 0.6 is 0 Å². The van der Waals surface area contributed by atoms with E-state index in [1.807, 2.05) is 6.92 Å². The first-order valence-electron chi connectivity index (χ1n) is 3.96. The minimum atomic E-state index is -0.772.